The number of nitrogens with two attached hydrogens (primary N) is 1. The summed E-state index contributed by atoms with van der Waals surface area (Å²) < 4.78 is 14.5. The highest BCUT2D eigenvalue weighted by Crippen LogP contribution is 2.27. The molecule has 0 atom stereocenters. The Balaban J connectivity index is 1.64. The van der Waals surface area contributed by atoms with Crippen LogP contribution in [0.3, 0.4) is 0 Å². The lowest BCUT2D eigenvalue weighted by atomic mass is 10.1. The monoisotopic (exact) mass is 431 g/mol. The molecule has 1 saturated heterocycles. The van der Waals surface area contributed by atoms with Crippen molar-refractivity contribution < 1.29 is 9.18 Å². The largest absolute Gasteiger partial charge is 0.382 e. The van der Waals surface area contributed by atoms with E-state index in [1.165, 1.54) is 18.5 Å². The molecular formula is C21H18FN9O. The highest BCUT2D eigenvalue weighted by atomic mass is 19.1. The number of piperidine rings is 1. The number of nitrogens with one attached hydrogen (secondary N) is 2. The van der Waals surface area contributed by atoms with Crippen molar-refractivity contribution in [2.24, 2.45) is 0 Å². The van der Waals surface area contributed by atoms with E-state index in [0.717, 1.165) is 0 Å². The minimum absolute atomic E-state index is 0.0327. The van der Waals surface area contributed by atoms with E-state index in [0.29, 0.717) is 43.1 Å². The first kappa shape index (κ1) is 20.8. The molecule has 1 aliphatic rings. The van der Waals surface area contributed by atoms with E-state index in [2.05, 4.69) is 25.3 Å². The number of halogens is 1. The van der Waals surface area contributed by atoms with Crippen molar-refractivity contribution in [3.8, 4) is 17.5 Å². The van der Waals surface area contributed by atoms with Gasteiger partial charge in [0, 0.05) is 44.0 Å². The van der Waals surface area contributed by atoms with Gasteiger partial charge in [0.15, 0.2) is 23.1 Å². The van der Waals surface area contributed by atoms with Crippen LogP contribution in [0, 0.1) is 22.6 Å². The molecule has 4 heterocycles. The third-order valence-electron chi connectivity index (χ3n) is 4.99. The van der Waals surface area contributed by atoms with Crippen molar-refractivity contribution in [1.29, 1.82) is 10.7 Å². The van der Waals surface area contributed by atoms with Crippen LogP contribution in [0.1, 0.15) is 28.9 Å². The van der Waals surface area contributed by atoms with Gasteiger partial charge in [-0.2, -0.15) is 5.26 Å². The third-order valence-corrected chi connectivity index (χ3v) is 4.99. The molecule has 4 N–H and O–H groups in total. The van der Waals surface area contributed by atoms with Gasteiger partial charge in [0.05, 0.1) is 17.4 Å². The number of carbonyl (C=O) groups is 1. The molecule has 10 nitrogen and oxygen atoms in total. The van der Waals surface area contributed by atoms with Gasteiger partial charge < -0.3 is 21.4 Å². The molecule has 160 valence electrons. The maximum Gasteiger partial charge on any atom is 0.279 e. The summed E-state index contributed by atoms with van der Waals surface area (Å²) in [6, 6.07) is 6.56. The van der Waals surface area contributed by atoms with Gasteiger partial charge in [-0.25, -0.2) is 19.3 Å². The van der Waals surface area contributed by atoms with Gasteiger partial charge in [-0.1, -0.05) is 0 Å². The second-order valence-corrected chi connectivity index (χ2v) is 7.04. The first-order valence-electron chi connectivity index (χ1n) is 9.73. The fraction of sp³-hybridized carbons (Fsp3) is 0.190. The minimum atomic E-state index is -0.858. The van der Waals surface area contributed by atoms with Crippen LogP contribution in [0.2, 0.25) is 0 Å². The second-order valence-electron chi connectivity index (χ2n) is 7.04. The van der Waals surface area contributed by atoms with Gasteiger partial charge in [-0.3, -0.25) is 9.78 Å². The van der Waals surface area contributed by atoms with Crippen LogP contribution in [-0.4, -0.2) is 44.6 Å². The summed E-state index contributed by atoms with van der Waals surface area (Å²) in [6.45, 7) is 1.29. The minimum Gasteiger partial charge on any atom is -0.382 e. The number of nitrogens with zero attached hydrogens (tertiary/aromatic N) is 6. The Hall–Kier alpha value is -4.46. The van der Waals surface area contributed by atoms with Gasteiger partial charge >= 0.3 is 0 Å². The maximum atomic E-state index is 14.5. The molecule has 0 aromatic carbocycles. The Morgan fingerprint density at radius 3 is 2.75 bits per heavy atom. The first-order chi connectivity index (χ1) is 15.5. The van der Waals surface area contributed by atoms with Gasteiger partial charge in [0.2, 0.25) is 0 Å². The number of hydrogen-bond donors (Lipinski definition) is 3. The fourth-order valence-electron chi connectivity index (χ4n) is 3.32. The van der Waals surface area contributed by atoms with E-state index < -0.39 is 11.7 Å². The highest BCUT2D eigenvalue weighted by molar-refractivity contribution is 6.06. The van der Waals surface area contributed by atoms with Crippen molar-refractivity contribution in [2.75, 3.05) is 29.0 Å². The predicted molar refractivity (Wildman–Crippen MR) is 116 cm³/mol. The Labute approximate surface area is 182 Å². The summed E-state index contributed by atoms with van der Waals surface area (Å²) in [5, 5.41) is 19.5. The van der Waals surface area contributed by atoms with E-state index in [9.17, 15) is 9.18 Å². The van der Waals surface area contributed by atoms with Gasteiger partial charge in [0.1, 0.15) is 17.5 Å². The van der Waals surface area contributed by atoms with Crippen LogP contribution >= 0.6 is 0 Å². The summed E-state index contributed by atoms with van der Waals surface area (Å²) in [5.74, 6) is -1.36. The van der Waals surface area contributed by atoms with Crippen molar-refractivity contribution in [1.82, 2.24) is 19.9 Å². The van der Waals surface area contributed by atoms with Gasteiger partial charge in [-0.15, -0.1) is 0 Å². The number of nitrogen functional groups attached to an aromatic ring is 1. The number of aromatic nitrogens is 4. The number of amides is 1. The SMILES string of the molecule is N#Cc1ccnc(-c2cnc(N)c(C(=O)Nc3ncccc3N3CCC(=N)CC3)n2)c1F. The van der Waals surface area contributed by atoms with Crippen LogP contribution in [-0.2, 0) is 0 Å². The normalized spacial score (nSPS) is 13.5. The van der Waals surface area contributed by atoms with Crippen LogP contribution in [0.5, 0.6) is 0 Å². The van der Waals surface area contributed by atoms with E-state index in [-0.39, 0.29) is 28.5 Å². The van der Waals surface area contributed by atoms with Crippen LogP contribution in [0.25, 0.3) is 11.4 Å². The van der Waals surface area contributed by atoms with E-state index in [1.807, 2.05) is 11.0 Å². The average Bonchev–Trinajstić information content (AvgIpc) is 2.80. The van der Waals surface area contributed by atoms with Crippen LogP contribution in [0.15, 0.2) is 36.8 Å². The summed E-state index contributed by atoms with van der Waals surface area (Å²) in [7, 11) is 0. The lowest BCUT2D eigenvalue weighted by Gasteiger charge is -2.30. The smallest absolute Gasteiger partial charge is 0.279 e. The Morgan fingerprint density at radius 2 is 2.00 bits per heavy atom. The number of anilines is 3. The molecule has 4 rings (SSSR count). The molecular weight excluding hydrogens is 413 g/mol. The fourth-order valence-corrected chi connectivity index (χ4v) is 3.32. The number of rotatable bonds is 4. The van der Waals surface area contributed by atoms with E-state index >= 15 is 0 Å². The van der Waals surface area contributed by atoms with Crippen molar-refractivity contribution >= 4 is 28.9 Å². The van der Waals surface area contributed by atoms with Crippen molar-refractivity contribution in [3.63, 3.8) is 0 Å². The Bertz CT molecular complexity index is 1240. The quantitative estimate of drug-likeness (QED) is 0.568. The standard InChI is InChI=1S/C21H18FN9O/c22-16-12(10-23)3-7-26-17(16)14-11-28-19(25)18(29-14)21(32)30-20-15(2-1-6-27-20)31-8-4-13(24)5-9-31/h1-3,6-7,11,24H,4-5,8-9H2,(H2,25,28)(H,27,30,32). The second kappa shape index (κ2) is 8.73. The number of carbonyl (C=O) groups excluding carboxylic acids is 1. The Morgan fingerprint density at radius 1 is 1.22 bits per heavy atom. The third kappa shape index (κ3) is 4.06. The summed E-state index contributed by atoms with van der Waals surface area (Å²) in [4.78, 5) is 31.3. The molecule has 0 aliphatic carbocycles. The lowest BCUT2D eigenvalue weighted by Crippen LogP contribution is -2.34. The summed E-state index contributed by atoms with van der Waals surface area (Å²) in [5.41, 5.74) is 6.60. The number of hydrogen-bond acceptors (Lipinski definition) is 9. The summed E-state index contributed by atoms with van der Waals surface area (Å²) >= 11 is 0. The molecule has 0 unspecified atom stereocenters. The van der Waals surface area contributed by atoms with Gasteiger partial charge in [-0.05, 0) is 18.2 Å². The Kier molecular flexibility index (Phi) is 5.67. The molecule has 11 heteroatoms. The molecule has 3 aromatic rings. The average molecular weight is 431 g/mol. The van der Waals surface area contributed by atoms with Gasteiger partial charge in [0.25, 0.3) is 5.91 Å². The van der Waals surface area contributed by atoms with Crippen molar-refractivity contribution in [3.05, 3.63) is 53.9 Å². The zero-order valence-corrected chi connectivity index (χ0v) is 16.8. The molecule has 0 saturated carbocycles. The molecule has 3 aromatic heterocycles. The predicted octanol–water partition coefficient (Wildman–Crippen LogP) is 2.40. The highest BCUT2D eigenvalue weighted by Gasteiger charge is 2.22. The number of pyridine rings is 2. The molecule has 1 amide bonds. The van der Waals surface area contributed by atoms with Crippen LogP contribution in [0.4, 0.5) is 21.7 Å². The van der Waals surface area contributed by atoms with E-state index in [4.69, 9.17) is 16.4 Å². The maximum absolute atomic E-state index is 14.5. The molecule has 32 heavy (non-hydrogen) atoms. The lowest BCUT2D eigenvalue weighted by molar-refractivity contribution is 0.102. The topological polar surface area (TPSA) is 158 Å². The zero-order chi connectivity index (χ0) is 22.7. The van der Waals surface area contributed by atoms with E-state index in [1.54, 1.807) is 18.3 Å². The molecule has 1 fully saturated rings. The molecule has 1 aliphatic heterocycles. The molecule has 0 radical (unpaired) electrons. The first-order valence-corrected chi connectivity index (χ1v) is 9.73. The molecule has 0 spiro atoms. The summed E-state index contributed by atoms with van der Waals surface area (Å²) in [6.07, 6.45) is 5.29. The number of nitriles is 1. The van der Waals surface area contributed by atoms with Crippen LogP contribution < -0.4 is 16.0 Å². The van der Waals surface area contributed by atoms with Crippen molar-refractivity contribution in [2.45, 2.75) is 12.8 Å². The zero-order valence-electron chi connectivity index (χ0n) is 16.8. The molecule has 0 bridgehead atoms.